The number of aromatic nitrogens is 1. The van der Waals surface area contributed by atoms with Crippen LogP contribution in [0.25, 0.3) is 0 Å². The van der Waals surface area contributed by atoms with Gasteiger partial charge < -0.3 is 5.32 Å². The van der Waals surface area contributed by atoms with E-state index in [0.29, 0.717) is 16.4 Å². The van der Waals surface area contributed by atoms with E-state index in [-0.39, 0.29) is 12.1 Å². The van der Waals surface area contributed by atoms with Crippen LogP contribution in [0.15, 0.2) is 66.9 Å². The van der Waals surface area contributed by atoms with Gasteiger partial charge in [0.05, 0.1) is 10.7 Å². The molecule has 1 atom stereocenters. The SMILES string of the molecule is Cc1ccc(N2C(=O)c3ccccc3C2Nc2ccccc2Cl)nc1. The molecule has 1 aliphatic rings. The molecule has 0 aliphatic carbocycles. The minimum absolute atomic E-state index is 0.0727. The number of carbonyl (C=O) groups is 1. The lowest BCUT2D eigenvalue weighted by atomic mass is 10.1. The van der Waals surface area contributed by atoms with Gasteiger partial charge in [-0.15, -0.1) is 0 Å². The van der Waals surface area contributed by atoms with E-state index < -0.39 is 0 Å². The van der Waals surface area contributed by atoms with E-state index in [1.54, 1.807) is 11.1 Å². The highest BCUT2D eigenvalue weighted by atomic mass is 35.5. The fourth-order valence-electron chi connectivity index (χ4n) is 3.02. The predicted octanol–water partition coefficient (Wildman–Crippen LogP) is 4.81. The van der Waals surface area contributed by atoms with Crippen molar-refractivity contribution in [1.82, 2.24) is 4.98 Å². The second-order valence-corrected chi connectivity index (χ2v) is 6.39. The fourth-order valence-corrected chi connectivity index (χ4v) is 3.21. The molecule has 3 aromatic rings. The molecule has 0 saturated heterocycles. The molecule has 0 spiro atoms. The molecule has 124 valence electrons. The lowest BCUT2D eigenvalue weighted by molar-refractivity contribution is 0.0992. The van der Waals surface area contributed by atoms with Crippen LogP contribution in [0, 0.1) is 6.92 Å². The summed E-state index contributed by atoms with van der Waals surface area (Å²) in [5.41, 5.74) is 3.41. The Balaban J connectivity index is 1.80. The number of amides is 1. The predicted molar refractivity (Wildman–Crippen MR) is 100 cm³/mol. The number of nitrogens with zero attached hydrogens (tertiary/aromatic N) is 2. The Morgan fingerprint density at radius 2 is 1.80 bits per heavy atom. The van der Waals surface area contributed by atoms with E-state index in [1.165, 1.54) is 0 Å². The van der Waals surface area contributed by atoms with Crippen LogP contribution in [0.3, 0.4) is 0 Å². The first kappa shape index (κ1) is 15.7. The summed E-state index contributed by atoms with van der Waals surface area (Å²) in [5, 5.41) is 4.00. The Hall–Kier alpha value is -2.85. The van der Waals surface area contributed by atoms with Crippen molar-refractivity contribution in [2.24, 2.45) is 0 Å². The number of carbonyl (C=O) groups excluding carboxylic acids is 1. The van der Waals surface area contributed by atoms with Crippen LogP contribution in [0.5, 0.6) is 0 Å². The minimum atomic E-state index is -0.362. The third-order valence-corrected chi connectivity index (χ3v) is 4.60. The fraction of sp³-hybridized carbons (Fsp3) is 0.100. The van der Waals surface area contributed by atoms with Crippen molar-refractivity contribution in [3.8, 4) is 0 Å². The van der Waals surface area contributed by atoms with Crippen LogP contribution in [-0.2, 0) is 0 Å². The van der Waals surface area contributed by atoms with E-state index in [1.807, 2.05) is 67.6 Å². The summed E-state index contributed by atoms with van der Waals surface area (Å²) < 4.78 is 0. The lowest BCUT2D eigenvalue weighted by Gasteiger charge is -2.26. The van der Waals surface area contributed by atoms with E-state index >= 15 is 0 Å². The molecule has 4 rings (SSSR count). The quantitative estimate of drug-likeness (QED) is 0.737. The number of halogens is 1. The summed E-state index contributed by atoms with van der Waals surface area (Å²) in [6.45, 7) is 1.97. The molecule has 2 aromatic carbocycles. The lowest BCUT2D eigenvalue weighted by Crippen LogP contribution is -2.33. The van der Waals surface area contributed by atoms with Crippen LogP contribution in [-0.4, -0.2) is 10.9 Å². The maximum absolute atomic E-state index is 13.0. The number of rotatable bonds is 3. The van der Waals surface area contributed by atoms with E-state index in [9.17, 15) is 4.79 Å². The summed E-state index contributed by atoms with van der Waals surface area (Å²) in [5.74, 6) is 0.535. The number of anilines is 2. The van der Waals surface area contributed by atoms with Crippen LogP contribution >= 0.6 is 11.6 Å². The second-order valence-electron chi connectivity index (χ2n) is 5.98. The third-order valence-electron chi connectivity index (χ3n) is 4.27. The summed E-state index contributed by atoms with van der Waals surface area (Å²) in [6, 6.07) is 18.9. The zero-order valence-corrected chi connectivity index (χ0v) is 14.4. The zero-order valence-electron chi connectivity index (χ0n) is 13.6. The molecule has 0 bridgehead atoms. The van der Waals surface area contributed by atoms with Gasteiger partial charge in [-0.2, -0.15) is 0 Å². The molecule has 1 aliphatic heterocycles. The van der Waals surface area contributed by atoms with E-state index in [0.717, 1.165) is 16.8 Å². The van der Waals surface area contributed by atoms with Crippen molar-refractivity contribution in [2.75, 3.05) is 10.2 Å². The van der Waals surface area contributed by atoms with Crippen LogP contribution in [0.4, 0.5) is 11.5 Å². The molecule has 1 amide bonds. The van der Waals surface area contributed by atoms with Crippen molar-refractivity contribution in [2.45, 2.75) is 13.1 Å². The number of pyridine rings is 1. The van der Waals surface area contributed by atoms with Crippen LogP contribution in [0.2, 0.25) is 5.02 Å². The summed E-state index contributed by atoms with van der Waals surface area (Å²) in [4.78, 5) is 19.1. The van der Waals surface area contributed by atoms with Gasteiger partial charge in [0, 0.05) is 17.3 Å². The molecular weight excluding hydrogens is 334 g/mol. The number of nitrogens with one attached hydrogen (secondary N) is 1. The van der Waals surface area contributed by atoms with Gasteiger partial charge in [0.2, 0.25) is 0 Å². The Kier molecular flexibility index (Phi) is 3.90. The van der Waals surface area contributed by atoms with Crippen LogP contribution < -0.4 is 10.2 Å². The molecule has 5 heteroatoms. The highest BCUT2D eigenvalue weighted by molar-refractivity contribution is 6.33. The van der Waals surface area contributed by atoms with Gasteiger partial charge in [-0.3, -0.25) is 9.69 Å². The summed E-state index contributed by atoms with van der Waals surface area (Å²) in [7, 11) is 0. The smallest absolute Gasteiger partial charge is 0.261 e. The Labute approximate surface area is 151 Å². The van der Waals surface area contributed by atoms with Gasteiger partial charge >= 0.3 is 0 Å². The average Bonchev–Trinajstić information content (AvgIpc) is 2.90. The van der Waals surface area contributed by atoms with Gasteiger partial charge in [-0.25, -0.2) is 4.98 Å². The van der Waals surface area contributed by atoms with Gasteiger partial charge in [0.1, 0.15) is 12.0 Å². The number of hydrogen-bond acceptors (Lipinski definition) is 3. The molecule has 1 N–H and O–H groups in total. The number of para-hydroxylation sites is 1. The van der Waals surface area contributed by atoms with E-state index in [2.05, 4.69) is 10.3 Å². The maximum Gasteiger partial charge on any atom is 0.261 e. The molecule has 1 unspecified atom stereocenters. The molecule has 0 saturated carbocycles. The molecule has 1 aromatic heterocycles. The number of aryl methyl sites for hydroxylation is 1. The first-order chi connectivity index (χ1) is 12.1. The molecule has 2 heterocycles. The first-order valence-electron chi connectivity index (χ1n) is 8.01. The molecule has 0 radical (unpaired) electrons. The molecule has 4 nitrogen and oxygen atoms in total. The third kappa shape index (κ3) is 2.75. The normalized spacial score (nSPS) is 16.0. The van der Waals surface area contributed by atoms with Gasteiger partial charge in [-0.1, -0.05) is 48.0 Å². The maximum atomic E-state index is 13.0. The van der Waals surface area contributed by atoms with Crippen LogP contribution in [0.1, 0.15) is 27.7 Å². The number of fused-ring (bicyclic) bond motifs is 1. The summed E-state index contributed by atoms with van der Waals surface area (Å²) in [6.07, 6.45) is 1.40. The average molecular weight is 350 g/mol. The van der Waals surface area contributed by atoms with E-state index in [4.69, 9.17) is 11.6 Å². The minimum Gasteiger partial charge on any atom is -0.360 e. The Morgan fingerprint density at radius 1 is 1.04 bits per heavy atom. The largest absolute Gasteiger partial charge is 0.360 e. The van der Waals surface area contributed by atoms with Gasteiger partial charge in [-0.05, 0) is 36.8 Å². The monoisotopic (exact) mass is 349 g/mol. The van der Waals surface area contributed by atoms with Gasteiger partial charge in [0.25, 0.3) is 5.91 Å². The van der Waals surface area contributed by atoms with Crippen molar-refractivity contribution in [1.29, 1.82) is 0 Å². The van der Waals surface area contributed by atoms with Crippen molar-refractivity contribution in [3.63, 3.8) is 0 Å². The molecular formula is C20H16ClN3O. The number of hydrogen-bond donors (Lipinski definition) is 1. The molecule has 25 heavy (non-hydrogen) atoms. The standard InChI is InChI=1S/C20H16ClN3O/c1-13-10-11-18(22-12-13)24-19(23-17-9-5-4-8-16(17)21)14-6-2-3-7-15(14)20(24)25/h2-12,19,23H,1H3. The molecule has 0 fully saturated rings. The van der Waals surface area contributed by atoms with Crippen molar-refractivity contribution in [3.05, 3.63) is 88.6 Å². The first-order valence-corrected chi connectivity index (χ1v) is 8.39. The Morgan fingerprint density at radius 3 is 2.56 bits per heavy atom. The Bertz CT molecular complexity index is 940. The summed E-state index contributed by atoms with van der Waals surface area (Å²) >= 11 is 6.30. The number of benzene rings is 2. The topological polar surface area (TPSA) is 45.2 Å². The van der Waals surface area contributed by atoms with Crippen molar-refractivity contribution >= 4 is 29.0 Å². The second kappa shape index (κ2) is 6.22. The highest BCUT2D eigenvalue weighted by Crippen LogP contribution is 2.38. The van der Waals surface area contributed by atoms with Crippen molar-refractivity contribution < 1.29 is 4.79 Å². The highest BCUT2D eigenvalue weighted by Gasteiger charge is 2.38. The van der Waals surface area contributed by atoms with Gasteiger partial charge in [0.15, 0.2) is 0 Å². The zero-order chi connectivity index (χ0) is 17.4.